The van der Waals surface area contributed by atoms with Crippen molar-refractivity contribution in [2.24, 2.45) is 11.3 Å². The van der Waals surface area contributed by atoms with E-state index in [2.05, 4.69) is 10.3 Å². The van der Waals surface area contributed by atoms with E-state index in [0.29, 0.717) is 24.5 Å². The SMILES string of the molecule is Cc1[nH]c(=S)sc1CC(=O)N[C@@H]1[C@@H]2CCO[C@@H]2C12CCCC2. The van der Waals surface area contributed by atoms with Gasteiger partial charge in [-0.05, 0) is 38.4 Å². The van der Waals surface area contributed by atoms with Gasteiger partial charge in [0, 0.05) is 34.6 Å². The first-order valence-corrected chi connectivity index (χ1v) is 9.42. The highest BCUT2D eigenvalue weighted by molar-refractivity contribution is 7.73. The normalized spacial score (nSPS) is 32.0. The van der Waals surface area contributed by atoms with Crippen LogP contribution in [0.15, 0.2) is 0 Å². The highest BCUT2D eigenvalue weighted by Crippen LogP contribution is 2.60. The molecule has 6 heteroatoms. The molecule has 1 aromatic rings. The first-order chi connectivity index (χ1) is 10.6. The van der Waals surface area contributed by atoms with Crippen LogP contribution in [-0.2, 0) is 16.0 Å². The third-order valence-corrected chi connectivity index (χ3v) is 7.18. The van der Waals surface area contributed by atoms with Gasteiger partial charge in [-0.3, -0.25) is 4.79 Å². The smallest absolute Gasteiger partial charge is 0.225 e. The van der Waals surface area contributed by atoms with E-state index in [9.17, 15) is 4.79 Å². The van der Waals surface area contributed by atoms with Crippen molar-refractivity contribution in [3.05, 3.63) is 14.5 Å². The number of hydrogen-bond donors (Lipinski definition) is 2. The molecule has 3 fully saturated rings. The summed E-state index contributed by atoms with van der Waals surface area (Å²) < 4.78 is 6.72. The summed E-state index contributed by atoms with van der Waals surface area (Å²) in [6.07, 6.45) is 6.90. The fourth-order valence-corrected chi connectivity index (χ4v) is 6.17. The maximum absolute atomic E-state index is 12.5. The second-order valence-corrected chi connectivity index (χ2v) is 8.74. The van der Waals surface area contributed by atoms with Gasteiger partial charge in [-0.1, -0.05) is 12.8 Å². The third-order valence-electron chi connectivity index (χ3n) is 5.85. The van der Waals surface area contributed by atoms with Gasteiger partial charge >= 0.3 is 0 Å². The topological polar surface area (TPSA) is 54.1 Å². The molecule has 0 unspecified atom stereocenters. The van der Waals surface area contributed by atoms with Crippen molar-refractivity contribution in [2.75, 3.05) is 6.61 Å². The number of aryl methyl sites for hydroxylation is 1. The molecule has 1 aliphatic heterocycles. The summed E-state index contributed by atoms with van der Waals surface area (Å²) in [5.74, 6) is 0.669. The molecule has 1 spiro atoms. The van der Waals surface area contributed by atoms with E-state index in [4.69, 9.17) is 17.0 Å². The average molecular weight is 338 g/mol. The zero-order valence-corrected chi connectivity index (χ0v) is 14.4. The number of aromatic amines is 1. The number of nitrogens with one attached hydrogen (secondary N) is 2. The number of carbonyl (C=O) groups excluding carboxylic acids is 1. The number of fused-ring (bicyclic) bond motifs is 2. The molecule has 0 radical (unpaired) electrons. The summed E-state index contributed by atoms with van der Waals surface area (Å²) in [5.41, 5.74) is 1.26. The third kappa shape index (κ3) is 2.19. The molecule has 0 bridgehead atoms. The van der Waals surface area contributed by atoms with Gasteiger partial charge in [0.05, 0.1) is 12.5 Å². The van der Waals surface area contributed by atoms with E-state index in [1.54, 1.807) is 0 Å². The Bertz CT molecular complexity index is 645. The summed E-state index contributed by atoms with van der Waals surface area (Å²) in [7, 11) is 0. The lowest BCUT2D eigenvalue weighted by Gasteiger charge is -2.56. The van der Waals surface area contributed by atoms with Gasteiger partial charge in [0.15, 0.2) is 3.95 Å². The number of rotatable bonds is 3. The zero-order chi connectivity index (χ0) is 15.3. The number of thiazole rings is 1. The molecule has 3 aliphatic rings. The van der Waals surface area contributed by atoms with Crippen LogP contribution >= 0.6 is 23.6 Å². The van der Waals surface area contributed by atoms with E-state index < -0.39 is 0 Å². The lowest BCUT2D eigenvalue weighted by atomic mass is 9.54. The summed E-state index contributed by atoms with van der Waals surface area (Å²) in [6, 6.07) is 0.321. The summed E-state index contributed by atoms with van der Waals surface area (Å²) >= 11 is 6.67. The number of carbonyl (C=O) groups is 1. The van der Waals surface area contributed by atoms with E-state index in [1.807, 2.05) is 6.92 Å². The van der Waals surface area contributed by atoms with Crippen LogP contribution in [0, 0.1) is 22.2 Å². The van der Waals surface area contributed by atoms with Crippen LogP contribution in [0.25, 0.3) is 0 Å². The van der Waals surface area contributed by atoms with Crippen LogP contribution in [0.4, 0.5) is 0 Å². The first kappa shape index (κ1) is 14.8. The molecule has 2 heterocycles. The Morgan fingerprint density at radius 2 is 2.27 bits per heavy atom. The Labute approximate surface area is 139 Å². The second kappa shape index (κ2) is 5.42. The van der Waals surface area contributed by atoms with Gasteiger partial charge in [0.1, 0.15) is 0 Å². The van der Waals surface area contributed by atoms with Crippen LogP contribution in [-0.4, -0.2) is 29.6 Å². The number of aromatic nitrogens is 1. The molecule has 3 atom stereocenters. The quantitative estimate of drug-likeness (QED) is 0.833. The summed E-state index contributed by atoms with van der Waals surface area (Å²) in [4.78, 5) is 16.7. The summed E-state index contributed by atoms with van der Waals surface area (Å²) in [5, 5.41) is 3.35. The van der Waals surface area contributed by atoms with Crippen LogP contribution in [0.3, 0.4) is 0 Å². The minimum absolute atomic E-state index is 0.134. The predicted octanol–water partition coefficient (Wildman–Crippen LogP) is 3.12. The Hall–Kier alpha value is -0.720. The van der Waals surface area contributed by atoms with Crippen molar-refractivity contribution in [3.63, 3.8) is 0 Å². The molecule has 1 aromatic heterocycles. The predicted molar refractivity (Wildman–Crippen MR) is 88.6 cm³/mol. The maximum Gasteiger partial charge on any atom is 0.225 e. The van der Waals surface area contributed by atoms with Crippen molar-refractivity contribution in [2.45, 2.75) is 57.6 Å². The van der Waals surface area contributed by atoms with Crippen LogP contribution < -0.4 is 5.32 Å². The second-order valence-electron chi connectivity index (χ2n) is 6.97. The van der Waals surface area contributed by atoms with E-state index in [0.717, 1.165) is 27.6 Å². The molecular weight excluding hydrogens is 316 g/mol. The van der Waals surface area contributed by atoms with E-state index in [-0.39, 0.29) is 11.3 Å². The monoisotopic (exact) mass is 338 g/mol. The van der Waals surface area contributed by atoms with Crippen LogP contribution in [0.1, 0.15) is 42.7 Å². The minimum Gasteiger partial charge on any atom is -0.377 e. The molecule has 2 aliphatic carbocycles. The highest BCUT2D eigenvalue weighted by atomic mass is 32.1. The lowest BCUT2D eigenvalue weighted by molar-refractivity contribution is -0.145. The minimum atomic E-state index is 0.134. The molecule has 2 N–H and O–H groups in total. The Morgan fingerprint density at radius 3 is 2.95 bits per heavy atom. The lowest BCUT2D eigenvalue weighted by Crippen LogP contribution is -2.68. The first-order valence-electron chi connectivity index (χ1n) is 8.20. The van der Waals surface area contributed by atoms with Gasteiger partial charge < -0.3 is 15.0 Å². The zero-order valence-electron chi connectivity index (χ0n) is 12.8. The van der Waals surface area contributed by atoms with Gasteiger partial charge in [-0.25, -0.2) is 0 Å². The van der Waals surface area contributed by atoms with Crippen molar-refractivity contribution in [1.29, 1.82) is 0 Å². The molecule has 120 valence electrons. The average Bonchev–Trinajstić information content (AvgIpc) is 3.16. The molecule has 1 amide bonds. The fraction of sp³-hybridized carbons (Fsp3) is 0.750. The Kier molecular flexibility index (Phi) is 3.66. The maximum atomic E-state index is 12.5. The largest absolute Gasteiger partial charge is 0.377 e. The van der Waals surface area contributed by atoms with Gasteiger partial charge in [-0.2, -0.15) is 0 Å². The summed E-state index contributed by atoms with van der Waals surface area (Å²) in [6.45, 7) is 2.85. The van der Waals surface area contributed by atoms with Crippen molar-refractivity contribution in [1.82, 2.24) is 10.3 Å². The number of H-pyrrole nitrogens is 1. The fourth-order valence-electron chi connectivity index (χ4n) is 4.88. The van der Waals surface area contributed by atoms with E-state index in [1.165, 1.54) is 37.0 Å². The molecule has 22 heavy (non-hydrogen) atoms. The number of ether oxygens (including phenoxy) is 1. The van der Waals surface area contributed by atoms with E-state index >= 15 is 0 Å². The molecule has 4 nitrogen and oxygen atoms in total. The standard InChI is InChI=1S/C16H22N2O2S2/c1-9-11(22-15(21)17-9)8-12(19)18-13-10-4-7-20-14(10)16(13)5-2-3-6-16/h10,13-14H,2-8H2,1H3,(H,17,21)(H,18,19)/t10-,13+,14-/m0/s1. The molecule has 2 saturated carbocycles. The molecule has 4 rings (SSSR count). The number of hydrogen-bond acceptors (Lipinski definition) is 4. The van der Waals surface area contributed by atoms with Gasteiger partial charge in [0.2, 0.25) is 5.91 Å². The molecule has 1 saturated heterocycles. The van der Waals surface area contributed by atoms with Gasteiger partial charge in [-0.15, -0.1) is 11.3 Å². The van der Waals surface area contributed by atoms with Crippen molar-refractivity contribution < 1.29 is 9.53 Å². The molecule has 0 aromatic carbocycles. The highest BCUT2D eigenvalue weighted by Gasteiger charge is 2.65. The van der Waals surface area contributed by atoms with Gasteiger partial charge in [0.25, 0.3) is 0 Å². The Balaban J connectivity index is 1.47. The van der Waals surface area contributed by atoms with Crippen molar-refractivity contribution >= 4 is 29.5 Å². The number of amides is 1. The van der Waals surface area contributed by atoms with Crippen LogP contribution in [0.5, 0.6) is 0 Å². The molecular formula is C16H22N2O2S2. The van der Waals surface area contributed by atoms with Crippen LogP contribution in [0.2, 0.25) is 0 Å². The Morgan fingerprint density at radius 1 is 1.50 bits per heavy atom. The van der Waals surface area contributed by atoms with Crippen molar-refractivity contribution in [3.8, 4) is 0 Å².